The van der Waals surface area contributed by atoms with Crippen LogP contribution in [-0.2, 0) is 36.4 Å². The zero-order valence-corrected chi connectivity index (χ0v) is 20.9. The largest absolute Gasteiger partial charge is 0.490 e. The minimum atomic E-state index is -5.59. The third kappa shape index (κ3) is 15.7. The molecule has 2 unspecified atom stereocenters. The van der Waals surface area contributed by atoms with E-state index in [1.54, 1.807) is 13.8 Å². The number of carbonyl (C=O) groups is 1. The predicted octanol–water partition coefficient (Wildman–Crippen LogP) is 0.896. The first-order valence-electron chi connectivity index (χ1n) is 9.09. The molecule has 1 aromatic carbocycles. The fourth-order valence-electron chi connectivity index (χ4n) is 1.60. The van der Waals surface area contributed by atoms with Gasteiger partial charge in [-0.3, -0.25) is 9.32 Å². The third-order valence-corrected chi connectivity index (χ3v) is 7.23. The monoisotopic (exact) mass is 557 g/mol. The number of anilines is 1. The lowest BCUT2D eigenvalue weighted by Crippen LogP contribution is -2.30. The lowest BCUT2D eigenvalue weighted by atomic mass is 10.3. The van der Waals surface area contributed by atoms with Gasteiger partial charge in [0.2, 0.25) is 0 Å². The molecule has 198 valence electrons. The quantitative estimate of drug-likeness (QED) is 0.155. The first kappa shape index (κ1) is 32.9. The summed E-state index contributed by atoms with van der Waals surface area (Å²) >= 11 is 0. The molecule has 0 bridgehead atoms. The van der Waals surface area contributed by atoms with Gasteiger partial charge < -0.3 is 39.4 Å². The van der Waals surface area contributed by atoms with Crippen LogP contribution < -0.4 is 4.90 Å². The van der Waals surface area contributed by atoms with E-state index in [1.165, 1.54) is 25.2 Å². The van der Waals surface area contributed by atoms with Crippen molar-refractivity contribution in [1.29, 1.82) is 0 Å². The van der Waals surface area contributed by atoms with Crippen molar-refractivity contribution in [2.24, 2.45) is 0 Å². The lowest BCUT2D eigenvalue weighted by molar-refractivity contribution is -0.123. The van der Waals surface area contributed by atoms with Gasteiger partial charge in [-0.1, -0.05) is 6.07 Å². The van der Waals surface area contributed by atoms with Crippen LogP contribution in [0.3, 0.4) is 0 Å². The summed E-state index contributed by atoms with van der Waals surface area (Å²) in [5, 5.41) is 16.8. The average Bonchev–Trinajstić information content (AvgIpc) is 2.64. The number of amides is 1. The Labute approximate surface area is 194 Å². The van der Waals surface area contributed by atoms with Crippen LogP contribution in [0.5, 0.6) is 0 Å². The SMILES string of the molecule is CN(C(=O)COCCOP(=O)(O)OP(=O)(O)OP(=O)(O)O)c1cccc(F)c1.C[C@H](O)[C@@H](C)O. The molecule has 4 atom stereocenters. The molecule has 34 heavy (non-hydrogen) atoms. The van der Waals surface area contributed by atoms with Crippen molar-refractivity contribution in [3.8, 4) is 0 Å². The third-order valence-electron chi connectivity index (χ3n) is 3.39. The Balaban J connectivity index is 0.00000160. The fraction of sp³-hybridized carbons (Fsp3) is 0.533. The van der Waals surface area contributed by atoms with Gasteiger partial charge in [0.15, 0.2) is 0 Å². The number of nitrogens with zero attached hydrogens (tertiary/aromatic N) is 1. The van der Waals surface area contributed by atoms with E-state index in [1.807, 2.05) is 0 Å². The second-order valence-electron chi connectivity index (χ2n) is 6.39. The van der Waals surface area contributed by atoms with Crippen LogP contribution >= 0.6 is 23.5 Å². The molecule has 0 aliphatic carbocycles. The Morgan fingerprint density at radius 1 is 1.00 bits per heavy atom. The zero-order chi connectivity index (χ0) is 26.7. The van der Waals surface area contributed by atoms with E-state index in [9.17, 15) is 27.8 Å². The number of carbonyl (C=O) groups excluding carboxylic acids is 1. The molecule has 6 N–H and O–H groups in total. The number of aliphatic hydroxyl groups excluding tert-OH is 2. The molecule has 19 heteroatoms. The van der Waals surface area contributed by atoms with Crippen molar-refractivity contribution in [3.05, 3.63) is 30.1 Å². The highest BCUT2D eigenvalue weighted by Crippen LogP contribution is 2.66. The van der Waals surface area contributed by atoms with Crippen molar-refractivity contribution in [1.82, 2.24) is 0 Å². The van der Waals surface area contributed by atoms with E-state index < -0.39 is 67.2 Å². The van der Waals surface area contributed by atoms with Gasteiger partial charge in [-0.15, -0.1) is 0 Å². The maximum Gasteiger partial charge on any atom is 0.490 e. The summed E-state index contributed by atoms with van der Waals surface area (Å²) in [7, 11) is -14.9. The maximum atomic E-state index is 13.1. The topological polar surface area (TPSA) is 230 Å². The van der Waals surface area contributed by atoms with E-state index in [0.29, 0.717) is 0 Å². The van der Waals surface area contributed by atoms with Gasteiger partial charge >= 0.3 is 23.5 Å². The summed E-state index contributed by atoms with van der Waals surface area (Å²) in [5.41, 5.74) is 0.266. The van der Waals surface area contributed by atoms with Crippen LogP contribution in [0.15, 0.2) is 24.3 Å². The minimum absolute atomic E-state index is 0.266. The molecule has 0 saturated carbocycles. The van der Waals surface area contributed by atoms with Crippen molar-refractivity contribution < 1.29 is 70.5 Å². The van der Waals surface area contributed by atoms with Gasteiger partial charge in [0.1, 0.15) is 12.4 Å². The molecule has 1 amide bonds. The maximum absolute atomic E-state index is 13.1. The summed E-state index contributed by atoms with van der Waals surface area (Å²) in [5.74, 6) is -1.13. The Kier molecular flexibility index (Phi) is 14.0. The fourth-order valence-corrected chi connectivity index (χ4v) is 4.60. The molecule has 0 aliphatic rings. The first-order chi connectivity index (χ1) is 15.4. The molecule has 15 nitrogen and oxygen atoms in total. The summed E-state index contributed by atoms with van der Waals surface area (Å²) in [4.78, 5) is 47.9. The van der Waals surface area contributed by atoms with Crippen molar-refractivity contribution >= 4 is 35.1 Å². The molecule has 0 fully saturated rings. The van der Waals surface area contributed by atoms with Crippen LogP contribution in [0.4, 0.5) is 10.1 Å². The first-order valence-corrected chi connectivity index (χ1v) is 13.6. The van der Waals surface area contributed by atoms with Gasteiger partial charge in [0, 0.05) is 12.7 Å². The van der Waals surface area contributed by atoms with E-state index in [2.05, 4.69) is 13.1 Å². The zero-order valence-electron chi connectivity index (χ0n) is 18.2. The standard InChI is InChI=1S/C11H17FNO12P3.C4H10O2/c1-13(10-4-2-3-9(12)7-10)11(14)8-22-5-6-23-27(18,19)25-28(20,21)24-26(15,16)17;1-3(5)4(2)6/h2-4,7H,5-6,8H2,1H3,(H,18,19)(H,20,21)(H2,15,16,17);3-6H,1-2H3/t;3-,4+. The number of phosphoric acid groups is 3. The Bertz CT molecular complexity index is 917. The Morgan fingerprint density at radius 2 is 1.56 bits per heavy atom. The van der Waals surface area contributed by atoms with Crippen molar-refractivity contribution in [2.45, 2.75) is 26.1 Å². The number of aliphatic hydroxyl groups is 2. The average molecular weight is 557 g/mol. The number of hydrogen-bond donors (Lipinski definition) is 6. The number of ether oxygens (including phenoxy) is 1. The Hall–Kier alpha value is -1.09. The van der Waals surface area contributed by atoms with Crippen LogP contribution in [-0.4, -0.2) is 74.8 Å². The normalized spacial score (nSPS) is 16.9. The molecule has 0 aliphatic heterocycles. The van der Waals surface area contributed by atoms with Gasteiger partial charge in [-0.25, -0.2) is 18.1 Å². The highest BCUT2D eigenvalue weighted by atomic mass is 31.3. The number of phosphoric ester groups is 1. The van der Waals surface area contributed by atoms with Crippen LogP contribution in [0, 0.1) is 5.82 Å². The molecular weight excluding hydrogens is 530 g/mol. The molecule has 0 heterocycles. The molecule has 0 saturated heterocycles. The molecule has 0 spiro atoms. The molecule has 1 rings (SSSR count). The number of likely N-dealkylation sites (N-methyl/N-ethyl adjacent to an activating group) is 1. The summed E-state index contributed by atoms with van der Waals surface area (Å²) < 4.78 is 62.3. The minimum Gasteiger partial charge on any atom is -0.391 e. The van der Waals surface area contributed by atoms with E-state index in [0.717, 1.165) is 11.0 Å². The number of halogens is 1. The number of rotatable bonds is 12. The van der Waals surface area contributed by atoms with Gasteiger partial charge in [0.05, 0.1) is 25.4 Å². The van der Waals surface area contributed by atoms with Crippen molar-refractivity contribution in [3.63, 3.8) is 0 Å². The Morgan fingerprint density at radius 3 is 2.03 bits per heavy atom. The molecule has 0 aromatic heterocycles. The van der Waals surface area contributed by atoms with Gasteiger partial charge in [-0.2, -0.15) is 8.62 Å². The molecule has 1 aromatic rings. The number of hydrogen-bond acceptors (Lipinski definition) is 10. The number of benzene rings is 1. The second-order valence-corrected chi connectivity index (χ2v) is 10.8. The van der Waals surface area contributed by atoms with E-state index in [4.69, 9.17) is 29.6 Å². The van der Waals surface area contributed by atoms with E-state index >= 15 is 0 Å². The van der Waals surface area contributed by atoms with Crippen molar-refractivity contribution in [2.75, 3.05) is 31.8 Å². The second kappa shape index (κ2) is 14.5. The summed E-state index contributed by atoms with van der Waals surface area (Å²) in [6, 6.07) is 5.20. The van der Waals surface area contributed by atoms with Crippen LogP contribution in [0.25, 0.3) is 0 Å². The van der Waals surface area contributed by atoms with Crippen LogP contribution in [0.2, 0.25) is 0 Å². The predicted molar refractivity (Wildman–Crippen MR) is 114 cm³/mol. The highest BCUT2D eigenvalue weighted by Gasteiger charge is 2.40. The lowest BCUT2D eigenvalue weighted by Gasteiger charge is -2.18. The summed E-state index contributed by atoms with van der Waals surface area (Å²) in [6.45, 7) is 1.45. The smallest absolute Gasteiger partial charge is 0.391 e. The van der Waals surface area contributed by atoms with Crippen LogP contribution in [0.1, 0.15) is 13.8 Å². The van der Waals surface area contributed by atoms with Gasteiger partial charge in [0.25, 0.3) is 5.91 Å². The van der Waals surface area contributed by atoms with E-state index in [-0.39, 0.29) is 5.69 Å². The summed E-state index contributed by atoms with van der Waals surface area (Å²) in [6.07, 6.45) is -1.19. The van der Waals surface area contributed by atoms with Gasteiger partial charge in [-0.05, 0) is 32.0 Å². The molecule has 0 radical (unpaired) electrons. The highest BCUT2D eigenvalue weighted by molar-refractivity contribution is 7.66. The molecular formula is C15H27FNO14P3.